The summed E-state index contributed by atoms with van der Waals surface area (Å²) in [4.78, 5) is 16.5. The van der Waals surface area contributed by atoms with Gasteiger partial charge in [-0.25, -0.2) is 4.79 Å². The lowest BCUT2D eigenvalue weighted by Gasteiger charge is -2.36. The van der Waals surface area contributed by atoms with Gasteiger partial charge in [0, 0.05) is 45.0 Å². The lowest BCUT2D eigenvalue weighted by molar-refractivity contribution is 0.108. The number of benzene rings is 1. The van der Waals surface area contributed by atoms with Crippen LogP contribution in [-0.4, -0.2) is 56.4 Å². The van der Waals surface area contributed by atoms with E-state index in [4.69, 9.17) is 4.74 Å². The van der Waals surface area contributed by atoms with Gasteiger partial charge in [-0.3, -0.25) is 0 Å². The number of piperazine rings is 1. The summed E-state index contributed by atoms with van der Waals surface area (Å²) in [7, 11) is 0. The second kappa shape index (κ2) is 7.01. The fourth-order valence-electron chi connectivity index (χ4n) is 3.19. The Labute approximate surface area is 132 Å². The molecule has 2 aliphatic rings. The van der Waals surface area contributed by atoms with Crippen LogP contribution in [0.5, 0.6) is 0 Å². The SMILES string of the molecule is Cc1ccccc1N1CCN(C(=O)NCC2CCCO2)CC1. The highest BCUT2D eigenvalue weighted by Gasteiger charge is 2.23. The molecule has 0 aromatic heterocycles. The number of ether oxygens (including phenoxy) is 1. The number of hydrogen-bond acceptors (Lipinski definition) is 3. The molecule has 2 saturated heterocycles. The summed E-state index contributed by atoms with van der Waals surface area (Å²) in [5.41, 5.74) is 2.57. The van der Waals surface area contributed by atoms with Crippen molar-refractivity contribution in [3.05, 3.63) is 29.8 Å². The predicted molar refractivity (Wildman–Crippen MR) is 87.3 cm³/mol. The normalized spacial score (nSPS) is 22.0. The summed E-state index contributed by atoms with van der Waals surface area (Å²) in [5.74, 6) is 0. The summed E-state index contributed by atoms with van der Waals surface area (Å²) in [6.45, 7) is 6.91. The molecule has 1 atom stereocenters. The minimum absolute atomic E-state index is 0.0416. The molecule has 0 radical (unpaired) electrons. The van der Waals surface area contributed by atoms with Crippen LogP contribution in [0.15, 0.2) is 24.3 Å². The van der Waals surface area contributed by atoms with E-state index in [9.17, 15) is 4.79 Å². The minimum Gasteiger partial charge on any atom is -0.376 e. The smallest absolute Gasteiger partial charge is 0.317 e. The van der Waals surface area contributed by atoms with E-state index in [1.165, 1.54) is 11.3 Å². The first-order valence-electron chi connectivity index (χ1n) is 8.19. The van der Waals surface area contributed by atoms with Crippen LogP contribution >= 0.6 is 0 Å². The van der Waals surface area contributed by atoms with Crippen molar-refractivity contribution in [1.82, 2.24) is 10.2 Å². The number of para-hydroxylation sites is 1. The van der Waals surface area contributed by atoms with Crippen LogP contribution in [0, 0.1) is 6.92 Å². The zero-order valence-corrected chi connectivity index (χ0v) is 13.3. The Morgan fingerprint density at radius 2 is 2.05 bits per heavy atom. The van der Waals surface area contributed by atoms with E-state index in [1.54, 1.807) is 0 Å². The summed E-state index contributed by atoms with van der Waals surface area (Å²) in [5, 5.41) is 3.00. The van der Waals surface area contributed by atoms with Crippen LogP contribution in [0.3, 0.4) is 0 Å². The van der Waals surface area contributed by atoms with Crippen LogP contribution in [0.1, 0.15) is 18.4 Å². The Bertz CT molecular complexity index is 506. The first-order valence-corrected chi connectivity index (χ1v) is 8.19. The van der Waals surface area contributed by atoms with Gasteiger partial charge in [-0.2, -0.15) is 0 Å². The molecule has 120 valence electrons. The third-order valence-electron chi connectivity index (χ3n) is 4.53. The number of urea groups is 1. The van der Waals surface area contributed by atoms with Gasteiger partial charge >= 0.3 is 6.03 Å². The molecule has 1 aromatic rings. The number of nitrogens with zero attached hydrogens (tertiary/aromatic N) is 2. The van der Waals surface area contributed by atoms with Gasteiger partial charge in [0.1, 0.15) is 0 Å². The van der Waals surface area contributed by atoms with Crippen molar-refractivity contribution in [2.75, 3.05) is 44.2 Å². The second-order valence-electron chi connectivity index (χ2n) is 6.08. The number of amides is 2. The van der Waals surface area contributed by atoms with Crippen molar-refractivity contribution in [1.29, 1.82) is 0 Å². The van der Waals surface area contributed by atoms with E-state index in [0.29, 0.717) is 6.54 Å². The van der Waals surface area contributed by atoms with Crippen molar-refractivity contribution in [2.45, 2.75) is 25.9 Å². The summed E-state index contributed by atoms with van der Waals surface area (Å²) < 4.78 is 5.54. The number of carbonyl (C=O) groups excluding carboxylic acids is 1. The Kier molecular flexibility index (Phi) is 4.83. The Morgan fingerprint density at radius 3 is 2.73 bits per heavy atom. The summed E-state index contributed by atoms with van der Waals surface area (Å²) >= 11 is 0. The first kappa shape index (κ1) is 15.2. The lowest BCUT2D eigenvalue weighted by Crippen LogP contribution is -2.52. The Hall–Kier alpha value is -1.75. The maximum absolute atomic E-state index is 12.2. The Balaban J connectivity index is 1.46. The maximum atomic E-state index is 12.2. The van der Waals surface area contributed by atoms with Crippen molar-refractivity contribution in [3.8, 4) is 0 Å². The van der Waals surface area contributed by atoms with Crippen molar-refractivity contribution in [3.63, 3.8) is 0 Å². The molecule has 0 bridgehead atoms. The molecule has 2 heterocycles. The third-order valence-corrected chi connectivity index (χ3v) is 4.53. The van der Waals surface area contributed by atoms with Gasteiger partial charge in [0.25, 0.3) is 0 Å². The van der Waals surface area contributed by atoms with Gasteiger partial charge < -0.3 is 19.9 Å². The van der Waals surface area contributed by atoms with Gasteiger partial charge in [0.15, 0.2) is 0 Å². The monoisotopic (exact) mass is 303 g/mol. The molecule has 2 fully saturated rings. The highest BCUT2D eigenvalue weighted by Crippen LogP contribution is 2.20. The highest BCUT2D eigenvalue weighted by atomic mass is 16.5. The molecule has 0 spiro atoms. The topological polar surface area (TPSA) is 44.8 Å². The van der Waals surface area contributed by atoms with Crippen LogP contribution in [-0.2, 0) is 4.74 Å². The fraction of sp³-hybridized carbons (Fsp3) is 0.588. The molecular weight excluding hydrogens is 278 g/mol. The number of anilines is 1. The van der Waals surface area contributed by atoms with Gasteiger partial charge in [-0.1, -0.05) is 18.2 Å². The molecular formula is C17H25N3O2. The van der Waals surface area contributed by atoms with Gasteiger partial charge in [0.2, 0.25) is 0 Å². The molecule has 1 unspecified atom stereocenters. The second-order valence-corrected chi connectivity index (χ2v) is 6.08. The molecule has 2 aliphatic heterocycles. The zero-order valence-electron chi connectivity index (χ0n) is 13.3. The van der Waals surface area contributed by atoms with Crippen molar-refractivity contribution >= 4 is 11.7 Å². The molecule has 2 amide bonds. The number of carbonyl (C=O) groups is 1. The fourth-order valence-corrected chi connectivity index (χ4v) is 3.19. The minimum atomic E-state index is 0.0416. The predicted octanol–water partition coefficient (Wildman–Crippen LogP) is 2.01. The number of nitrogens with one attached hydrogen (secondary N) is 1. The number of hydrogen-bond donors (Lipinski definition) is 1. The van der Waals surface area contributed by atoms with Crippen LogP contribution in [0.2, 0.25) is 0 Å². The standard InChI is InChI=1S/C17H25N3O2/c1-14-5-2-3-7-16(14)19-8-10-20(11-9-19)17(21)18-13-15-6-4-12-22-15/h2-3,5,7,15H,4,6,8-13H2,1H3,(H,18,21). The molecule has 1 aromatic carbocycles. The molecule has 1 N–H and O–H groups in total. The highest BCUT2D eigenvalue weighted by molar-refractivity contribution is 5.74. The van der Waals surface area contributed by atoms with E-state index in [-0.39, 0.29) is 12.1 Å². The van der Waals surface area contributed by atoms with Crippen LogP contribution in [0.25, 0.3) is 0 Å². The number of aryl methyl sites for hydroxylation is 1. The largest absolute Gasteiger partial charge is 0.376 e. The Morgan fingerprint density at radius 1 is 1.27 bits per heavy atom. The average Bonchev–Trinajstić information content (AvgIpc) is 3.07. The molecule has 3 rings (SSSR count). The van der Waals surface area contributed by atoms with E-state index in [2.05, 4.69) is 41.4 Å². The molecule has 0 aliphatic carbocycles. The quantitative estimate of drug-likeness (QED) is 0.929. The van der Waals surface area contributed by atoms with Crippen molar-refractivity contribution < 1.29 is 9.53 Å². The van der Waals surface area contributed by atoms with Crippen LogP contribution in [0.4, 0.5) is 10.5 Å². The van der Waals surface area contributed by atoms with E-state index in [1.807, 2.05) is 4.90 Å². The maximum Gasteiger partial charge on any atom is 0.317 e. The summed E-state index contributed by atoms with van der Waals surface area (Å²) in [6, 6.07) is 8.47. The zero-order chi connectivity index (χ0) is 15.4. The molecule has 22 heavy (non-hydrogen) atoms. The third kappa shape index (κ3) is 3.53. The number of rotatable bonds is 3. The van der Waals surface area contributed by atoms with Gasteiger partial charge in [-0.15, -0.1) is 0 Å². The lowest BCUT2D eigenvalue weighted by atomic mass is 10.1. The van der Waals surface area contributed by atoms with Gasteiger partial charge in [0.05, 0.1) is 6.10 Å². The average molecular weight is 303 g/mol. The van der Waals surface area contributed by atoms with E-state index in [0.717, 1.165) is 45.6 Å². The first-order chi connectivity index (χ1) is 10.7. The van der Waals surface area contributed by atoms with E-state index >= 15 is 0 Å². The van der Waals surface area contributed by atoms with Crippen LogP contribution < -0.4 is 10.2 Å². The molecule has 0 saturated carbocycles. The molecule has 5 heteroatoms. The van der Waals surface area contributed by atoms with Gasteiger partial charge in [-0.05, 0) is 31.4 Å². The molecule has 5 nitrogen and oxygen atoms in total. The van der Waals surface area contributed by atoms with Crippen molar-refractivity contribution in [2.24, 2.45) is 0 Å². The van der Waals surface area contributed by atoms with E-state index < -0.39 is 0 Å². The summed E-state index contributed by atoms with van der Waals surface area (Å²) in [6.07, 6.45) is 2.37.